The first kappa shape index (κ1) is 18.0. The standard InChI is InChI=1S/C17H31N3O/c1-7-17(8-2,20(5)6)16(19-18)14-9-11-15(12-10-14)21-13(3)4/h9-13,16,19H,7-8,18H2,1-6H3. The van der Waals surface area contributed by atoms with Crippen LogP contribution in [0.3, 0.4) is 0 Å². The van der Waals surface area contributed by atoms with E-state index in [0.29, 0.717) is 0 Å². The lowest BCUT2D eigenvalue weighted by Crippen LogP contribution is -2.54. The molecule has 4 heteroatoms. The van der Waals surface area contributed by atoms with Gasteiger partial charge in [0.05, 0.1) is 12.1 Å². The summed E-state index contributed by atoms with van der Waals surface area (Å²) in [4.78, 5) is 2.27. The lowest BCUT2D eigenvalue weighted by molar-refractivity contribution is 0.0881. The van der Waals surface area contributed by atoms with E-state index in [1.807, 2.05) is 26.0 Å². The van der Waals surface area contributed by atoms with Gasteiger partial charge in [0.25, 0.3) is 0 Å². The number of rotatable bonds is 8. The Labute approximate surface area is 129 Å². The molecule has 0 aromatic heterocycles. The molecule has 0 radical (unpaired) electrons. The summed E-state index contributed by atoms with van der Waals surface area (Å²) in [5.74, 6) is 6.79. The summed E-state index contributed by atoms with van der Waals surface area (Å²) in [6.07, 6.45) is 2.23. The Balaban J connectivity index is 3.08. The van der Waals surface area contributed by atoms with Gasteiger partial charge in [-0.05, 0) is 58.5 Å². The first-order valence-electron chi connectivity index (χ1n) is 7.81. The van der Waals surface area contributed by atoms with Crippen molar-refractivity contribution in [3.63, 3.8) is 0 Å². The maximum Gasteiger partial charge on any atom is 0.119 e. The number of hydrogen-bond donors (Lipinski definition) is 2. The van der Waals surface area contributed by atoms with Crippen LogP contribution in [0.2, 0.25) is 0 Å². The first-order valence-corrected chi connectivity index (χ1v) is 7.81. The second-order valence-corrected chi connectivity index (χ2v) is 6.04. The van der Waals surface area contributed by atoms with Gasteiger partial charge >= 0.3 is 0 Å². The third-order valence-electron chi connectivity index (χ3n) is 4.40. The molecule has 0 aliphatic rings. The van der Waals surface area contributed by atoms with E-state index in [-0.39, 0.29) is 17.7 Å². The summed E-state index contributed by atoms with van der Waals surface area (Å²) in [6.45, 7) is 8.49. The third kappa shape index (κ3) is 3.96. The zero-order chi connectivity index (χ0) is 16.0. The van der Waals surface area contributed by atoms with Crippen LogP contribution in [0.4, 0.5) is 0 Å². The van der Waals surface area contributed by atoms with Crippen LogP contribution in [0.1, 0.15) is 52.1 Å². The van der Waals surface area contributed by atoms with Gasteiger partial charge in [-0.25, -0.2) is 0 Å². The van der Waals surface area contributed by atoms with Crippen molar-refractivity contribution >= 4 is 0 Å². The number of nitrogens with one attached hydrogen (secondary N) is 1. The van der Waals surface area contributed by atoms with Gasteiger partial charge in [-0.3, -0.25) is 11.3 Å². The van der Waals surface area contributed by atoms with Gasteiger partial charge in [0.1, 0.15) is 5.75 Å². The van der Waals surface area contributed by atoms with Crippen LogP contribution >= 0.6 is 0 Å². The molecule has 3 N–H and O–H groups in total. The fraction of sp³-hybridized carbons (Fsp3) is 0.647. The number of ether oxygens (including phenoxy) is 1. The fourth-order valence-corrected chi connectivity index (χ4v) is 3.12. The fourth-order valence-electron chi connectivity index (χ4n) is 3.12. The second kappa shape index (κ2) is 7.78. The highest BCUT2D eigenvalue weighted by Crippen LogP contribution is 2.36. The number of hydrogen-bond acceptors (Lipinski definition) is 4. The molecule has 0 bridgehead atoms. The van der Waals surface area contributed by atoms with Crippen molar-refractivity contribution < 1.29 is 4.74 Å². The van der Waals surface area contributed by atoms with Crippen LogP contribution < -0.4 is 16.0 Å². The van der Waals surface area contributed by atoms with E-state index in [2.05, 4.69) is 50.4 Å². The lowest BCUT2D eigenvalue weighted by atomic mass is 9.80. The van der Waals surface area contributed by atoms with E-state index in [1.54, 1.807) is 0 Å². The van der Waals surface area contributed by atoms with Crippen molar-refractivity contribution in [1.82, 2.24) is 10.3 Å². The zero-order valence-corrected chi connectivity index (χ0v) is 14.3. The Morgan fingerprint density at radius 1 is 1.14 bits per heavy atom. The number of nitrogens with two attached hydrogens (primary N) is 1. The molecule has 0 fully saturated rings. The number of nitrogens with zero attached hydrogens (tertiary/aromatic N) is 1. The first-order chi connectivity index (χ1) is 9.91. The van der Waals surface area contributed by atoms with Gasteiger partial charge in [0, 0.05) is 5.54 Å². The van der Waals surface area contributed by atoms with Crippen LogP contribution in [-0.4, -0.2) is 30.6 Å². The molecule has 0 saturated heterocycles. The van der Waals surface area contributed by atoms with E-state index in [4.69, 9.17) is 10.6 Å². The molecule has 120 valence electrons. The smallest absolute Gasteiger partial charge is 0.119 e. The maximum atomic E-state index is 5.89. The largest absolute Gasteiger partial charge is 0.491 e. The van der Waals surface area contributed by atoms with E-state index < -0.39 is 0 Å². The Bertz CT molecular complexity index is 411. The molecule has 0 saturated carbocycles. The Morgan fingerprint density at radius 2 is 1.67 bits per heavy atom. The van der Waals surface area contributed by atoms with Gasteiger partial charge in [-0.2, -0.15) is 0 Å². The Hall–Kier alpha value is -1.10. The highest BCUT2D eigenvalue weighted by atomic mass is 16.5. The quantitative estimate of drug-likeness (QED) is 0.571. The second-order valence-electron chi connectivity index (χ2n) is 6.04. The van der Waals surface area contributed by atoms with Gasteiger partial charge in [-0.1, -0.05) is 26.0 Å². The molecule has 4 nitrogen and oxygen atoms in total. The van der Waals surface area contributed by atoms with Crippen LogP contribution in [0.5, 0.6) is 5.75 Å². The van der Waals surface area contributed by atoms with Crippen LogP contribution in [0.15, 0.2) is 24.3 Å². The van der Waals surface area contributed by atoms with E-state index in [9.17, 15) is 0 Å². The lowest BCUT2D eigenvalue weighted by Gasteiger charge is -2.45. The molecule has 1 aromatic carbocycles. The zero-order valence-electron chi connectivity index (χ0n) is 14.3. The monoisotopic (exact) mass is 293 g/mol. The predicted octanol–water partition coefficient (Wildman–Crippen LogP) is 3.10. The molecule has 0 amide bonds. The predicted molar refractivity (Wildman–Crippen MR) is 89.3 cm³/mol. The number of hydrazine groups is 1. The van der Waals surface area contributed by atoms with Crippen molar-refractivity contribution in [2.24, 2.45) is 5.84 Å². The summed E-state index contributed by atoms with van der Waals surface area (Å²) in [5.41, 5.74) is 4.20. The summed E-state index contributed by atoms with van der Waals surface area (Å²) in [7, 11) is 4.24. The molecular weight excluding hydrogens is 262 g/mol. The highest BCUT2D eigenvalue weighted by molar-refractivity contribution is 5.31. The Morgan fingerprint density at radius 3 is 2.00 bits per heavy atom. The maximum absolute atomic E-state index is 5.89. The average molecular weight is 293 g/mol. The molecule has 0 aliphatic heterocycles. The molecular formula is C17H31N3O. The normalized spacial score (nSPS) is 13.8. The number of benzene rings is 1. The molecule has 1 rings (SSSR count). The van der Waals surface area contributed by atoms with Crippen molar-refractivity contribution in [2.45, 2.75) is 58.2 Å². The van der Waals surface area contributed by atoms with Crippen molar-refractivity contribution in [1.29, 1.82) is 0 Å². The van der Waals surface area contributed by atoms with Gasteiger partial charge in [0.2, 0.25) is 0 Å². The average Bonchev–Trinajstić information content (AvgIpc) is 2.45. The minimum Gasteiger partial charge on any atom is -0.491 e. The minimum absolute atomic E-state index is 0.00479. The van der Waals surface area contributed by atoms with Gasteiger partial charge in [0.15, 0.2) is 0 Å². The molecule has 1 aromatic rings. The minimum atomic E-state index is -0.00479. The topological polar surface area (TPSA) is 50.5 Å². The summed E-state index contributed by atoms with van der Waals surface area (Å²) in [5, 5.41) is 0. The molecule has 1 unspecified atom stereocenters. The van der Waals surface area contributed by atoms with E-state index in [1.165, 1.54) is 5.56 Å². The summed E-state index contributed by atoms with van der Waals surface area (Å²) < 4.78 is 5.71. The summed E-state index contributed by atoms with van der Waals surface area (Å²) >= 11 is 0. The van der Waals surface area contributed by atoms with Crippen molar-refractivity contribution in [3.8, 4) is 5.75 Å². The molecule has 1 atom stereocenters. The van der Waals surface area contributed by atoms with Gasteiger partial charge < -0.3 is 9.64 Å². The van der Waals surface area contributed by atoms with E-state index >= 15 is 0 Å². The third-order valence-corrected chi connectivity index (χ3v) is 4.40. The molecule has 0 aliphatic carbocycles. The molecule has 0 heterocycles. The van der Waals surface area contributed by atoms with Crippen LogP contribution in [-0.2, 0) is 0 Å². The van der Waals surface area contributed by atoms with Crippen molar-refractivity contribution in [2.75, 3.05) is 14.1 Å². The van der Waals surface area contributed by atoms with Crippen LogP contribution in [0, 0.1) is 0 Å². The highest BCUT2D eigenvalue weighted by Gasteiger charge is 2.38. The van der Waals surface area contributed by atoms with E-state index in [0.717, 1.165) is 18.6 Å². The molecule has 21 heavy (non-hydrogen) atoms. The number of likely N-dealkylation sites (N-methyl/N-ethyl adjacent to an activating group) is 1. The van der Waals surface area contributed by atoms with Gasteiger partial charge in [-0.15, -0.1) is 0 Å². The SMILES string of the molecule is CCC(CC)(C(NN)c1ccc(OC(C)C)cc1)N(C)C. The molecule has 0 spiro atoms. The summed E-state index contributed by atoms with van der Waals surface area (Å²) in [6, 6.07) is 8.32. The van der Waals surface area contributed by atoms with Crippen molar-refractivity contribution in [3.05, 3.63) is 29.8 Å². The Kier molecular flexibility index (Phi) is 6.65. The van der Waals surface area contributed by atoms with Crippen LogP contribution in [0.25, 0.3) is 0 Å².